The van der Waals surface area contributed by atoms with Crippen molar-refractivity contribution in [1.29, 1.82) is 0 Å². The van der Waals surface area contributed by atoms with E-state index in [0.717, 1.165) is 58.2 Å². The monoisotopic (exact) mass is 565 g/mol. The Morgan fingerprint density at radius 3 is 2.57 bits per heavy atom. The molecule has 2 aliphatic carbocycles. The highest BCUT2D eigenvalue weighted by molar-refractivity contribution is 6.08. The summed E-state index contributed by atoms with van der Waals surface area (Å²) in [4.78, 5) is 32.1. The lowest BCUT2D eigenvalue weighted by Gasteiger charge is -2.46. The average Bonchev–Trinajstić information content (AvgIpc) is 3.26. The van der Waals surface area contributed by atoms with E-state index < -0.39 is 11.2 Å². The van der Waals surface area contributed by atoms with Gasteiger partial charge in [0.15, 0.2) is 11.6 Å². The maximum Gasteiger partial charge on any atom is 0.237 e. The number of hydrogen-bond donors (Lipinski definition) is 1. The maximum absolute atomic E-state index is 14.6. The minimum Gasteiger partial charge on any atom is -0.336 e. The second-order valence-corrected chi connectivity index (χ2v) is 13.5. The van der Waals surface area contributed by atoms with Gasteiger partial charge in [-0.2, -0.15) is 0 Å². The van der Waals surface area contributed by atoms with Crippen molar-refractivity contribution < 1.29 is 9.18 Å². The standard InChI is InChI=1S/C33H36FN7O/c1-18(2)40-17-36-28-13-27(38-31(30(28)40)37-26-7-8-35-14-25(26)34)19-5-6-24-29(10-19)41(32(42)33(24,3)4)23-11-22(12-23)39-15-20-9-21(20)16-39/h5-8,10,13-14,17-18,20-23H,9,11-12,15-16H2,1-4H3,(H,35,37,38)/t20?,21?,22-,23+. The fourth-order valence-electron chi connectivity index (χ4n) is 7.40. The maximum atomic E-state index is 14.6. The highest BCUT2D eigenvalue weighted by Gasteiger charge is 2.53. The van der Waals surface area contributed by atoms with Crippen LogP contribution in [0.1, 0.15) is 58.6 Å². The zero-order chi connectivity index (χ0) is 28.9. The van der Waals surface area contributed by atoms with E-state index in [4.69, 9.17) is 4.98 Å². The lowest BCUT2D eigenvalue weighted by molar-refractivity contribution is -0.123. The molecular weight excluding hydrogens is 529 g/mol. The van der Waals surface area contributed by atoms with Gasteiger partial charge < -0.3 is 14.8 Å². The van der Waals surface area contributed by atoms with Crippen LogP contribution in [0.15, 0.2) is 49.1 Å². The van der Waals surface area contributed by atoms with Crippen molar-refractivity contribution in [3.8, 4) is 11.3 Å². The number of nitrogens with zero attached hydrogens (tertiary/aromatic N) is 6. The van der Waals surface area contributed by atoms with E-state index in [1.807, 2.05) is 30.5 Å². The molecule has 3 aromatic heterocycles. The first-order valence-corrected chi connectivity index (χ1v) is 15.2. The van der Waals surface area contributed by atoms with Crippen molar-refractivity contribution in [1.82, 2.24) is 24.4 Å². The number of carbonyl (C=O) groups is 1. The molecule has 216 valence electrons. The minimum atomic E-state index is -0.576. The topological polar surface area (TPSA) is 79.2 Å². The first-order chi connectivity index (χ1) is 20.2. The summed E-state index contributed by atoms with van der Waals surface area (Å²) in [6.45, 7) is 10.7. The molecule has 8 nitrogen and oxygen atoms in total. The molecule has 1 amide bonds. The summed E-state index contributed by atoms with van der Waals surface area (Å²) < 4.78 is 16.7. The number of nitrogens with one attached hydrogen (secondary N) is 1. The Morgan fingerprint density at radius 2 is 1.83 bits per heavy atom. The van der Waals surface area contributed by atoms with Gasteiger partial charge in [0, 0.05) is 48.7 Å². The van der Waals surface area contributed by atoms with E-state index in [9.17, 15) is 9.18 Å². The van der Waals surface area contributed by atoms with Gasteiger partial charge in [0.05, 0.1) is 34.8 Å². The van der Waals surface area contributed by atoms with Crippen molar-refractivity contribution in [2.24, 2.45) is 11.8 Å². The normalized spacial score (nSPS) is 26.0. The van der Waals surface area contributed by atoms with Crippen LogP contribution in [0.25, 0.3) is 22.3 Å². The molecular formula is C33H36FN7O. The van der Waals surface area contributed by atoms with Crippen molar-refractivity contribution in [2.45, 2.75) is 70.5 Å². The predicted molar refractivity (Wildman–Crippen MR) is 161 cm³/mol. The Labute approximate surface area is 245 Å². The van der Waals surface area contributed by atoms with Crippen LogP contribution in [-0.2, 0) is 10.2 Å². The molecule has 2 aliphatic heterocycles. The van der Waals surface area contributed by atoms with Gasteiger partial charge in [-0.05, 0) is 82.6 Å². The SMILES string of the molecule is CC(C)n1cnc2cc(-c3ccc4c(c3)N([C@H]3C[C@@H](N5CC6CC6C5)C3)C(=O)C4(C)C)nc(Nc3ccncc3F)c21. The van der Waals surface area contributed by atoms with E-state index in [1.54, 1.807) is 18.6 Å². The second kappa shape index (κ2) is 9.07. The summed E-state index contributed by atoms with van der Waals surface area (Å²) >= 11 is 0. The number of pyridine rings is 2. The molecule has 42 heavy (non-hydrogen) atoms. The van der Waals surface area contributed by atoms with Crippen LogP contribution in [0.3, 0.4) is 0 Å². The number of rotatable bonds is 6. The molecule has 5 heterocycles. The van der Waals surface area contributed by atoms with Crippen molar-refractivity contribution in [2.75, 3.05) is 23.3 Å². The van der Waals surface area contributed by atoms with E-state index in [0.29, 0.717) is 17.5 Å². The minimum absolute atomic E-state index is 0.143. The Balaban J connectivity index is 1.17. The summed E-state index contributed by atoms with van der Waals surface area (Å²) in [6, 6.07) is 10.8. The number of piperidine rings is 1. The largest absolute Gasteiger partial charge is 0.336 e. The number of likely N-dealkylation sites (tertiary alicyclic amines) is 1. The van der Waals surface area contributed by atoms with Crippen LogP contribution in [0, 0.1) is 17.7 Å². The third-order valence-electron chi connectivity index (χ3n) is 10.1. The number of aromatic nitrogens is 4. The van der Waals surface area contributed by atoms with E-state index in [1.165, 1.54) is 25.7 Å². The fourth-order valence-corrected chi connectivity index (χ4v) is 7.40. The second-order valence-electron chi connectivity index (χ2n) is 13.5. The Bertz CT molecular complexity index is 1730. The summed E-state index contributed by atoms with van der Waals surface area (Å²) in [5.41, 5.74) is 4.97. The summed E-state index contributed by atoms with van der Waals surface area (Å²) in [5, 5.41) is 3.21. The molecule has 1 N–H and O–H groups in total. The Hall–Kier alpha value is -3.85. The molecule has 4 aliphatic rings. The van der Waals surface area contributed by atoms with Crippen LogP contribution in [0.4, 0.5) is 21.6 Å². The smallest absolute Gasteiger partial charge is 0.237 e. The van der Waals surface area contributed by atoms with E-state index >= 15 is 0 Å². The number of halogens is 1. The molecule has 2 unspecified atom stereocenters. The van der Waals surface area contributed by atoms with E-state index in [-0.39, 0.29) is 18.0 Å². The highest BCUT2D eigenvalue weighted by atomic mass is 19.1. The molecule has 1 saturated heterocycles. The quantitative estimate of drug-likeness (QED) is 0.306. The lowest BCUT2D eigenvalue weighted by atomic mass is 9.83. The zero-order valence-electron chi connectivity index (χ0n) is 24.5. The summed E-state index contributed by atoms with van der Waals surface area (Å²) in [5.74, 6) is 2.10. The molecule has 2 saturated carbocycles. The molecule has 8 rings (SSSR count). The van der Waals surface area contributed by atoms with Gasteiger partial charge in [-0.3, -0.25) is 14.7 Å². The van der Waals surface area contributed by atoms with Gasteiger partial charge in [-0.25, -0.2) is 14.4 Å². The van der Waals surface area contributed by atoms with Crippen LogP contribution < -0.4 is 10.2 Å². The number of hydrogen-bond acceptors (Lipinski definition) is 6. The van der Waals surface area contributed by atoms with Gasteiger partial charge in [0.2, 0.25) is 5.91 Å². The molecule has 2 atom stereocenters. The Morgan fingerprint density at radius 1 is 1.05 bits per heavy atom. The first-order valence-electron chi connectivity index (χ1n) is 15.2. The van der Waals surface area contributed by atoms with Gasteiger partial charge in [0.25, 0.3) is 0 Å². The fraction of sp³-hybridized carbons (Fsp3) is 0.455. The van der Waals surface area contributed by atoms with Crippen molar-refractivity contribution in [3.05, 3.63) is 60.4 Å². The van der Waals surface area contributed by atoms with Gasteiger partial charge in [0.1, 0.15) is 5.52 Å². The molecule has 0 spiro atoms. The number of anilines is 3. The first kappa shape index (κ1) is 25.8. The third kappa shape index (κ3) is 3.89. The van der Waals surface area contributed by atoms with Gasteiger partial charge >= 0.3 is 0 Å². The average molecular weight is 566 g/mol. The van der Waals surface area contributed by atoms with Gasteiger partial charge in [-0.15, -0.1) is 0 Å². The molecule has 9 heteroatoms. The highest BCUT2D eigenvalue weighted by Crippen LogP contribution is 2.51. The summed E-state index contributed by atoms with van der Waals surface area (Å²) in [6.07, 6.45) is 8.03. The third-order valence-corrected chi connectivity index (χ3v) is 10.1. The number of imidazole rings is 1. The van der Waals surface area contributed by atoms with Crippen LogP contribution >= 0.6 is 0 Å². The van der Waals surface area contributed by atoms with Crippen molar-refractivity contribution >= 4 is 34.1 Å². The molecule has 0 bridgehead atoms. The lowest BCUT2D eigenvalue weighted by Crippen LogP contribution is -2.56. The number of carbonyl (C=O) groups excluding carboxylic acids is 1. The summed E-state index contributed by atoms with van der Waals surface area (Å²) in [7, 11) is 0. The van der Waals surface area contributed by atoms with Crippen LogP contribution in [-0.4, -0.2) is 55.5 Å². The molecule has 0 radical (unpaired) electrons. The van der Waals surface area contributed by atoms with Crippen molar-refractivity contribution in [3.63, 3.8) is 0 Å². The predicted octanol–water partition coefficient (Wildman–Crippen LogP) is 6.06. The van der Waals surface area contributed by atoms with Crippen LogP contribution in [0.5, 0.6) is 0 Å². The van der Waals surface area contributed by atoms with Gasteiger partial charge in [-0.1, -0.05) is 12.1 Å². The molecule has 3 fully saturated rings. The number of amides is 1. The zero-order valence-corrected chi connectivity index (χ0v) is 24.5. The van der Waals surface area contributed by atoms with E-state index in [2.05, 4.69) is 51.1 Å². The Kier molecular flexibility index (Phi) is 5.58. The van der Waals surface area contributed by atoms with Crippen LogP contribution in [0.2, 0.25) is 0 Å². The number of fused-ring (bicyclic) bond motifs is 3. The number of benzene rings is 1. The molecule has 1 aromatic carbocycles. The molecule has 4 aromatic rings.